The van der Waals surface area contributed by atoms with Gasteiger partial charge in [-0.15, -0.1) is 11.3 Å². The molecule has 2 aromatic carbocycles. The monoisotopic (exact) mass is 330 g/mol. The number of hydrogen-bond donors (Lipinski definition) is 2. The number of ether oxygens (including phenoxy) is 1. The molecule has 1 aromatic heterocycles. The molecular weight excluding hydrogens is 316 g/mol. The molecular formula is C16H14N2O2S2. The van der Waals surface area contributed by atoms with Gasteiger partial charge in [-0.1, -0.05) is 18.2 Å². The molecule has 0 aliphatic rings. The Balaban J connectivity index is 1.76. The molecule has 0 fully saturated rings. The van der Waals surface area contributed by atoms with Gasteiger partial charge in [0.25, 0.3) is 0 Å². The van der Waals surface area contributed by atoms with Crippen molar-refractivity contribution in [2.45, 2.75) is 6.42 Å². The maximum atomic E-state index is 12.2. The van der Waals surface area contributed by atoms with Crippen LogP contribution < -0.4 is 10.1 Å². The van der Waals surface area contributed by atoms with Crippen LogP contribution in [0.2, 0.25) is 0 Å². The van der Waals surface area contributed by atoms with Crippen molar-refractivity contribution in [2.75, 3.05) is 12.4 Å². The average Bonchev–Trinajstić information content (AvgIpc) is 2.87. The Bertz CT molecular complexity index is 883. The van der Waals surface area contributed by atoms with Gasteiger partial charge in [-0.05, 0) is 36.5 Å². The summed E-state index contributed by atoms with van der Waals surface area (Å²) in [5.41, 5.74) is 2.61. The molecule has 4 nitrogen and oxygen atoms in total. The largest absolute Gasteiger partial charge is 0.496 e. The van der Waals surface area contributed by atoms with Crippen LogP contribution >= 0.6 is 23.6 Å². The van der Waals surface area contributed by atoms with Gasteiger partial charge in [-0.2, -0.15) is 0 Å². The summed E-state index contributed by atoms with van der Waals surface area (Å²) in [4.78, 5) is 15.3. The number of rotatable bonds is 4. The number of anilines is 1. The zero-order valence-corrected chi connectivity index (χ0v) is 13.5. The lowest BCUT2D eigenvalue weighted by molar-refractivity contribution is -0.115. The first-order chi connectivity index (χ1) is 10.7. The van der Waals surface area contributed by atoms with E-state index in [9.17, 15) is 4.79 Å². The van der Waals surface area contributed by atoms with E-state index in [4.69, 9.17) is 17.0 Å². The average molecular weight is 330 g/mol. The lowest BCUT2D eigenvalue weighted by Gasteiger charge is -2.09. The van der Waals surface area contributed by atoms with E-state index in [0.717, 1.165) is 31.2 Å². The third-order valence-corrected chi connectivity index (χ3v) is 4.45. The summed E-state index contributed by atoms with van der Waals surface area (Å²) in [5.74, 6) is 0.639. The molecule has 0 saturated carbocycles. The topological polar surface area (TPSA) is 54.1 Å². The number of nitrogens with one attached hydrogen (secondary N) is 2. The summed E-state index contributed by atoms with van der Waals surface area (Å²) in [6, 6.07) is 13.2. The minimum atomic E-state index is -0.0806. The van der Waals surface area contributed by atoms with Crippen LogP contribution in [0.15, 0.2) is 42.5 Å². The van der Waals surface area contributed by atoms with E-state index in [1.54, 1.807) is 7.11 Å². The van der Waals surface area contributed by atoms with E-state index in [1.807, 2.05) is 42.5 Å². The molecule has 3 aromatic rings. The summed E-state index contributed by atoms with van der Waals surface area (Å²) in [6.45, 7) is 0. The highest BCUT2D eigenvalue weighted by molar-refractivity contribution is 7.73. The molecule has 0 saturated heterocycles. The van der Waals surface area contributed by atoms with Gasteiger partial charge in [0.1, 0.15) is 5.75 Å². The second-order valence-electron chi connectivity index (χ2n) is 4.76. The second kappa shape index (κ2) is 6.29. The fourth-order valence-corrected chi connectivity index (χ4v) is 3.41. The maximum Gasteiger partial charge on any atom is 0.228 e. The second-order valence-corrected chi connectivity index (χ2v) is 6.48. The van der Waals surface area contributed by atoms with Crippen LogP contribution in [0.3, 0.4) is 0 Å². The fraction of sp³-hybridized carbons (Fsp3) is 0.125. The molecule has 0 atom stereocenters. The molecule has 1 amide bonds. The van der Waals surface area contributed by atoms with E-state index in [0.29, 0.717) is 0 Å². The lowest BCUT2D eigenvalue weighted by Crippen LogP contribution is -2.14. The molecule has 2 N–H and O–H groups in total. The van der Waals surface area contributed by atoms with Crippen molar-refractivity contribution in [3.8, 4) is 5.75 Å². The van der Waals surface area contributed by atoms with Crippen LogP contribution in [0.5, 0.6) is 5.75 Å². The molecule has 0 aliphatic heterocycles. The maximum absolute atomic E-state index is 12.2. The molecule has 0 radical (unpaired) electrons. The zero-order chi connectivity index (χ0) is 15.5. The minimum absolute atomic E-state index is 0.0806. The molecule has 6 heteroatoms. The van der Waals surface area contributed by atoms with Gasteiger partial charge >= 0.3 is 0 Å². The number of H-pyrrole nitrogens is 1. The highest BCUT2D eigenvalue weighted by atomic mass is 32.1. The first-order valence-corrected chi connectivity index (χ1v) is 7.93. The SMILES string of the molecule is COc1ccccc1CC(=O)Nc1ccc2[nH]c(=S)sc2c1. The zero-order valence-electron chi connectivity index (χ0n) is 11.9. The summed E-state index contributed by atoms with van der Waals surface area (Å²) in [7, 11) is 1.60. The van der Waals surface area contributed by atoms with Crippen molar-refractivity contribution in [1.82, 2.24) is 4.98 Å². The number of carbonyl (C=O) groups is 1. The number of para-hydroxylation sites is 1. The summed E-state index contributed by atoms with van der Waals surface area (Å²) < 4.78 is 7.02. The van der Waals surface area contributed by atoms with Crippen molar-refractivity contribution in [3.05, 3.63) is 52.0 Å². The first kappa shape index (κ1) is 14.7. The summed E-state index contributed by atoms with van der Waals surface area (Å²) in [6.07, 6.45) is 0.269. The Morgan fingerprint density at radius 3 is 2.95 bits per heavy atom. The number of fused-ring (bicyclic) bond motifs is 1. The predicted octanol–water partition coefficient (Wildman–Crippen LogP) is 4.15. The van der Waals surface area contributed by atoms with Crippen LogP contribution in [0.25, 0.3) is 10.2 Å². The number of hydrogen-bond acceptors (Lipinski definition) is 4. The molecule has 0 bridgehead atoms. The minimum Gasteiger partial charge on any atom is -0.496 e. The summed E-state index contributed by atoms with van der Waals surface area (Å²) in [5, 5.41) is 2.91. The first-order valence-electron chi connectivity index (χ1n) is 6.70. The molecule has 0 spiro atoms. The van der Waals surface area contributed by atoms with E-state index < -0.39 is 0 Å². The standard InChI is InChI=1S/C16H14N2O2S2/c1-20-13-5-3-2-4-10(13)8-15(19)17-11-6-7-12-14(9-11)22-16(21)18-12/h2-7,9H,8H2,1H3,(H,17,19)(H,18,21). The van der Waals surface area contributed by atoms with Crippen LogP contribution in [0, 0.1) is 3.95 Å². The third-order valence-electron chi connectivity index (χ3n) is 3.25. The number of aromatic amines is 1. The number of aromatic nitrogens is 1. The van der Waals surface area contributed by atoms with Gasteiger partial charge < -0.3 is 15.0 Å². The smallest absolute Gasteiger partial charge is 0.228 e. The van der Waals surface area contributed by atoms with Crippen molar-refractivity contribution in [3.63, 3.8) is 0 Å². The highest BCUT2D eigenvalue weighted by Crippen LogP contribution is 2.24. The molecule has 112 valence electrons. The van der Waals surface area contributed by atoms with Crippen LogP contribution in [-0.4, -0.2) is 18.0 Å². The Kier molecular flexibility index (Phi) is 4.22. The number of amides is 1. The highest BCUT2D eigenvalue weighted by Gasteiger charge is 2.09. The number of carbonyl (C=O) groups excluding carboxylic acids is 1. The Morgan fingerprint density at radius 2 is 2.14 bits per heavy atom. The molecule has 0 aliphatic carbocycles. The Labute approximate surface area is 136 Å². The van der Waals surface area contributed by atoms with Gasteiger partial charge in [0.2, 0.25) is 5.91 Å². The van der Waals surface area contributed by atoms with Crippen LogP contribution in [-0.2, 0) is 11.2 Å². The van der Waals surface area contributed by atoms with E-state index >= 15 is 0 Å². The van der Waals surface area contributed by atoms with Gasteiger partial charge in [-0.3, -0.25) is 4.79 Å². The van der Waals surface area contributed by atoms with Crippen LogP contribution in [0.4, 0.5) is 5.69 Å². The van der Waals surface area contributed by atoms with Gasteiger partial charge in [0.05, 0.1) is 23.7 Å². The van der Waals surface area contributed by atoms with Gasteiger partial charge in [-0.25, -0.2) is 0 Å². The normalized spacial score (nSPS) is 10.6. The molecule has 1 heterocycles. The number of benzene rings is 2. The van der Waals surface area contributed by atoms with E-state index in [1.165, 1.54) is 11.3 Å². The number of thiazole rings is 1. The Morgan fingerprint density at radius 1 is 1.32 bits per heavy atom. The fourth-order valence-electron chi connectivity index (χ4n) is 2.25. The molecule has 3 rings (SSSR count). The van der Waals surface area contributed by atoms with Gasteiger partial charge in [0, 0.05) is 11.3 Å². The van der Waals surface area contributed by atoms with Crippen molar-refractivity contribution >= 4 is 45.4 Å². The van der Waals surface area contributed by atoms with Gasteiger partial charge in [0.15, 0.2) is 3.95 Å². The quantitative estimate of drug-likeness (QED) is 0.707. The number of methoxy groups -OCH3 is 1. The lowest BCUT2D eigenvalue weighted by atomic mass is 10.1. The van der Waals surface area contributed by atoms with E-state index in [2.05, 4.69) is 10.3 Å². The van der Waals surface area contributed by atoms with Crippen molar-refractivity contribution in [1.29, 1.82) is 0 Å². The summed E-state index contributed by atoms with van der Waals surface area (Å²) >= 11 is 6.61. The Hall–Kier alpha value is -2.18. The molecule has 22 heavy (non-hydrogen) atoms. The van der Waals surface area contributed by atoms with Crippen molar-refractivity contribution in [2.24, 2.45) is 0 Å². The van der Waals surface area contributed by atoms with Crippen LogP contribution in [0.1, 0.15) is 5.56 Å². The van der Waals surface area contributed by atoms with E-state index in [-0.39, 0.29) is 12.3 Å². The molecule has 0 unspecified atom stereocenters. The van der Waals surface area contributed by atoms with Crippen molar-refractivity contribution < 1.29 is 9.53 Å². The third kappa shape index (κ3) is 3.18. The predicted molar refractivity (Wildman–Crippen MR) is 92.3 cm³/mol.